The number of hydrogen-bond donors (Lipinski definition) is 1. The number of carbonyl (C=O) groups excluding carboxylic acids is 1. The first-order chi connectivity index (χ1) is 8.61. The van der Waals surface area contributed by atoms with Crippen LogP contribution in [0.15, 0.2) is 18.2 Å². The minimum absolute atomic E-state index is 0.400. The predicted octanol–water partition coefficient (Wildman–Crippen LogP) is 3.73. The largest absolute Gasteiger partial charge is 0.465 e. The van der Waals surface area contributed by atoms with Gasteiger partial charge in [0.1, 0.15) is 0 Å². The molecule has 1 N–H and O–H groups in total. The highest BCUT2D eigenvalue weighted by Crippen LogP contribution is 2.29. The van der Waals surface area contributed by atoms with E-state index in [4.69, 9.17) is 16.3 Å². The highest BCUT2D eigenvalue weighted by atomic mass is 35.5. The quantitative estimate of drug-likeness (QED) is 0.848. The number of anilines is 1. The van der Waals surface area contributed by atoms with Gasteiger partial charge in [-0.15, -0.1) is 0 Å². The molecule has 2 unspecified atom stereocenters. The Morgan fingerprint density at radius 1 is 1.44 bits per heavy atom. The Morgan fingerprint density at radius 3 is 2.83 bits per heavy atom. The summed E-state index contributed by atoms with van der Waals surface area (Å²) in [6, 6.07) is 5.88. The van der Waals surface area contributed by atoms with Crippen LogP contribution in [0.2, 0.25) is 5.02 Å². The fraction of sp³-hybridized carbons (Fsp3) is 0.500. The summed E-state index contributed by atoms with van der Waals surface area (Å²) >= 11 is 5.99. The third-order valence-corrected chi connectivity index (χ3v) is 3.91. The second-order valence-electron chi connectivity index (χ2n) is 4.85. The lowest BCUT2D eigenvalue weighted by Gasteiger charge is -2.19. The SMILES string of the molecule is COC(=O)c1cc(NC2CCCC2C)ccc1Cl. The van der Waals surface area contributed by atoms with Crippen molar-refractivity contribution in [3.63, 3.8) is 0 Å². The zero-order chi connectivity index (χ0) is 13.1. The fourth-order valence-electron chi connectivity index (χ4n) is 2.46. The zero-order valence-corrected chi connectivity index (χ0v) is 11.5. The van der Waals surface area contributed by atoms with Crippen LogP contribution in [-0.4, -0.2) is 19.1 Å². The highest BCUT2D eigenvalue weighted by Gasteiger charge is 2.23. The molecule has 0 radical (unpaired) electrons. The Morgan fingerprint density at radius 2 is 2.22 bits per heavy atom. The summed E-state index contributed by atoms with van der Waals surface area (Å²) in [5.74, 6) is 0.269. The molecule has 0 aromatic heterocycles. The standard InChI is InChI=1S/C14H18ClNO2/c1-9-4-3-5-13(9)16-10-6-7-12(15)11(8-10)14(17)18-2/h6-9,13,16H,3-5H2,1-2H3. The number of esters is 1. The number of methoxy groups -OCH3 is 1. The smallest absolute Gasteiger partial charge is 0.339 e. The maximum absolute atomic E-state index is 11.6. The second kappa shape index (κ2) is 5.61. The Bertz CT molecular complexity index is 447. The van der Waals surface area contributed by atoms with E-state index >= 15 is 0 Å². The van der Waals surface area contributed by atoms with E-state index < -0.39 is 5.97 Å². The van der Waals surface area contributed by atoms with Crippen LogP contribution in [0.3, 0.4) is 0 Å². The molecule has 1 aliphatic rings. The van der Waals surface area contributed by atoms with Gasteiger partial charge in [-0.05, 0) is 37.0 Å². The van der Waals surface area contributed by atoms with Gasteiger partial charge >= 0.3 is 5.97 Å². The molecular formula is C14H18ClNO2. The molecule has 3 nitrogen and oxygen atoms in total. The van der Waals surface area contributed by atoms with Gasteiger partial charge < -0.3 is 10.1 Å². The van der Waals surface area contributed by atoms with E-state index in [9.17, 15) is 4.79 Å². The predicted molar refractivity (Wildman–Crippen MR) is 73.2 cm³/mol. The third-order valence-electron chi connectivity index (χ3n) is 3.59. The van der Waals surface area contributed by atoms with E-state index in [1.54, 1.807) is 12.1 Å². The van der Waals surface area contributed by atoms with E-state index in [1.165, 1.54) is 26.4 Å². The molecule has 1 saturated carbocycles. The van der Waals surface area contributed by atoms with E-state index in [-0.39, 0.29) is 0 Å². The highest BCUT2D eigenvalue weighted by molar-refractivity contribution is 6.33. The number of hydrogen-bond acceptors (Lipinski definition) is 3. The van der Waals surface area contributed by atoms with Crippen molar-refractivity contribution < 1.29 is 9.53 Å². The van der Waals surface area contributed by atoms with Crippen molar-refractivity contribution in [2.45, 2.75) is 32.2 Å². The van der Waals surface area contributed by atoms with Gasteiger partial charge in [-0.25, -0.2) is 4.79 Å². The number of halogens is 1. The Kier molecular flexibility index (Phi) is 4.12. The van der Waals surface area contributed by atoms with Crippen molar-refractivity contribution in [2.24, 2.45) is 5.92 Å². The van der Waals surface area contributed by atoms with E-state index in [1.807, 2.05) is 6.07 Å². The molecule has 98 valence electrons. The number of nitrogens with one attached hydrogen (secondary N) is 1. The zero-order valence-electron chi connectivity index (χ0n) is 10.7. The van der Waals surface area contributed by atoms with Crippen LogP contribution in [0, 0.1) is 5.92 Å². The molecule has 0 heterocycles. The monoisotopic (exact) mass is 267 g/mol. The minimum Gasteiger partial charge on any atom is -0.465 e. The van der Waals surface area contributed by atoms with Gasteiger partial charge in [0.05, 0.1) is 17.7 Å². The normalized spacial score (nSPS) is 22.8. The summed E-state index contributed by atoms with van der Waals surface area (Å²) in [5.41, 5.74) is 1.34. The van der Waals surface area contributed by atoms with E-state index in [2.05, 4.69) is 12.2 Å². The number of rotatable bonds is 3. The molecule has 0 bridgehead atoms. The lowest BCUT2D eigenvalue weighted by Crippen LogP contribution is -2.21. The molecule has 4 heteroatoms. The third kappa shape index (κ3) is 2.78. The van der Waals surface area contributed by atoms with Crippen LogP contribution in [0.5, 0.6) is 0 Å². The average molecular weight is 268 g/mol. The number of carbonyl (C=O) groups is 1. The maximum Gasteiger partial charge on any atom is 0.339 e. The average Bonchev–Trinajstić information content (AvgIpc) is 2.76. The second-order valence-corrected chi connectivity index (χ2v) is 5.25. The molecule has 0 aliphatic heterocycles. The summed E-state index contributed by atoms with van der Waals surface area (Å²) in [6.07, 6.45) is 3.70. The van der Waals surface area contributed by atoms with Gasteiger partial charge in [0.25, 0.3) is 0 Å². The fourth-order valence-corrected chi connectivity index (χ4v) is 2.65. The Labute approximate surface area is 112 Å². The molecule has 18 heavy (non-hydrogen) atoms. The summed E-state index contributed by atoms with van der Waals surface area (Å²) in [5, 5.41) is 3.89. The van der Waals surface area contributed by atoms with Crippen molar-refractivity contribution in [1.29, 1.82) is 0 Å². The Balaban J connectivity index is 2.16. The van der Waals surface area contributed by atoms with E-state index in [0.29, 0.717) is 22.5 Å². The van der Waals surface area contributed by atoms with Crippen LogP contribution >= 0.6 is 11.6 Å². The maximum atomic E-state index is 11.6. The molecule has 1 aliphatic carbocycles. The Hall–Kier alpha value is -1.22. The van der Waals surface area contributed by atoms with Crippen LogP contribution in [0.4, 0.5) is 5.69 Å². The first kappa shape index (κ1) is 13.2. The number of ether oxygens (including phenoxy) is 1. The van der Waals surface area contributed by atoms with Crippen LogP contribution in [0.1, 0.15) is 36.5 Å². The molecule has 1 aromatic carbocycles. The molecule has 0 amide bonds. The summed E-state index contributed by atoms with van der Waals surface area (Å²) in [6.45, 7) is 2.25. The first-order valence-electron chi connectivity index (χ1n) is 6.26. The van der Waals surface area contributed by atoms with Crippen molar-refractivity contribution in [3.05, 3.63) is 28.8 Å². The van der Waals surface area contributed by atoms with Crippen LogP contribution in [-0.2, 0) is 4.74 Å². The molecule has 0 spiro atoms. The summed E-state index contributed by atoms with van der Waals surface area (Å²) in [4.78, 5) is 11.6. The van der Waals surface area contributed by atoms with Crippen molar-refractivity contribution >= 4 is 23.3 Å². The molecule has 2 rings (SSSR count). The molecule has 0 saturated heterocycles. The van der Waals surface area contributed by atoms with Crippen molar-refractivity contribution in [3.8, 4) is 0 Å². The first-order valence-corrected chi connectivity index (χ1v) is 6.64. The minimum atomic E-state index is -0.400. The van der Waals surface area contributed by atoms with Gasteiger partial charge in [-0.3, -0.25) is 0 Å². The van der Waals surface area contributed by atoms with Gasteiger partial charge in [-0.2, -0.15) is 0 Å². The topological polar surface area (TPSA) is 38.3 Å². The van der Waals surface area contributed by atoms with Gasteiger partial charge in [0, 0.05) is 11.7 Å². The molecule has 1 aromatic rings. The van der Waals surface area contributed by atoms with Gasteiger partial charge in [-0.1, -0.05) is 24.9 Å². The lowest BCUT2D eigenvalue weighted by atomic mass is 10.1. The van der Waals surface area contributed by atoms with Crippen LogP contribution in [0.25, 0.3) is 0 Å². The summed E-state index contributed by atoms with van der Waals surface area (Å²) in [7, 11) is 1.36. The van der Waals surface area contributed by atoms with Gasteiger partial charge in [0.15, 0.2) is 0 Å². The van der Waals surface area contributed by atoms with Gasteiger partial charge in [0.2, 0.25) is 0 Å². The number of benzene rings is 1. The van der Waals surface area contributed by atoms with Crippen molar-refractivity contribution in [2.75, 3.05) is 12.4 Å². The van der Waals surface area contributed by atoms with Crippen LogP contribution < -0.4 is 5.32 Å². The lowest BCUT2D eigenvalue weighted by molar-refractivity contribution is 0.0601. The molecular weight excluding hydrogens is 250 g/mol. The molecule has 2 atom stereocenters. The molecule has 1 fully saturated rings. The van der Waals surface area contributed by atoms with Crippen molar-refractivity contribution in [1.82, 2.24) is 0 Å². The van der Waals surface area contributed by atoms with E-state index in [0.717, 1.165) is 5.69 Å². The summed E-state index contributed by atoms with van der Waals surface area (Å²) < 4.78 is 4.71.